The minimum Gasteiger partial charge on any atom is -0.314 e. The Morgan fingerprint density at radius 3 is 2.34 bits per heavy atom. The molecule has 2 amide bonds. The number of aromatic nitrogens is 2. The van der Waals surface area contributed by atoms with E-state index in [9.17, 15) is 18.0 Å². The van der Waals surface area contributed by atoms with Crippen molar-refractivity contribution in [3.63, 3.8) is 0 Å². The number of amidine groups is 1. The van der Waals surface area contributed by atoms with Crippen molar-refractivity contribution in [2.24, 2.45) is 4.99 Å². The van der Waals surface area contributed by atoms with Crippen LogP contribution >= 0.6 is 11.3 Å². The zero-order valence-corrected chi connectivity index (χ0v) is 25.0. The second-order valence-corrected chi connectivity index (χ2v) is 13.0. The first-order valence-electron chi connectivity index (χ1n) is 13.3. The van der Waals surface area contributed by atoms with E-state index in [2.05, 4.69) is 25.8 Å². The Morgan fingerprint density at radius 2 is 1.61 bits per heavy atom. The molecule has 41 heavy (non-hydrogen) atoms. The molecule has 2 aromatic carbocycles. The van der Waals surface area contributed by atoms with E-state index < -0.39 is 9.84 Å². The van der Waals surface area contributed by atoms with Crippen LogP contribution < -0.4 is 10.6 Å². The molecule has 0 saturated heterocycles. The first-order chi connectivity index (χ1) is 19.6. The second-order valence-electron chi connectivity index (χ2n) is 9.81. The van der Waals surface area contributed by atoms with E-state index in [4.69, 9.17) is 5.41 Å². The maximum Gasteiger partial charge on any atom is 0.230 e. The highest BCUT2D eigenvalue weighted by molar-refractivity contribution is 7.89. The zero-order chi connectivity index (χ0) is 29.7. The fraction of sp³-hybridized carbons (Fsp3) is 0.379. The third kappa shape index (κ3) is 12.5. The Hall–Kier alpha value is -3.77. The van der Waals surface area contributed by atoms with E-state index in [1.54, 1.807) is 31.3 Å². The highest BCUT2D eigenvalue weighted by atomic mass is 32.2. The summed E-state index contributed by atoms with van der Waals surface area (Å²) in [6.45, 7) is 0. The number of unbranched alkanes of at least 4 members (excludes halogenated alkanes) is 1. The Bertz CT molecular complexity index is 1470. The van der Waals surface area contributed by atoms with E-state index >= 15 is 0 Å². The average molecular weight is 597 g/mol. The van der Waals surface area contributed by atoms with Crippen molar-refractivity contribution in [1.29, 1.82) is 5.41 Å². The molecule has 3 N–H and O–H groups in total. The molecule has 0 aliphatic rings. The first kappa shape index (κ1) is 31.8. The van der Waals surface area contributed by atoms with Gasteiger partial charge in [0.15, 0.2) is 9.84 Å². The standard InChI is InChI=1S/C29H36N6O4S2/c1-31-25(32-26(36)19-22-11-8-12-23(17-22)20-41(2,38)39)16-15-24(30)13-6-7-14-28-34-35-29(40-28)33-27(37)18-21-9-4-3-5-10-21/h3-5,8-12,17,30H,6-7,13-16,18-20H2,1-2H3,(H,31,32,36)(H,33,35,37). The molecule has 0 atom stereocenters. The Labute approximate surface area is 245 Å². The lowest BCUT2D eigenvalue weighted by atomic mass is 10.1. The van der Waals surface area contributed by atoms with Gasteiger partial charge in [-0.15, -0.1) is 10.2 Å². The number of rotatable bonds is 15. The van der Waals surface area contributed by atoms with E-state index in [1.165, 1.54) is 17.6 Å². The number of anilines is 1. The van der Waals surface area contributed by atoms with Gasteiger partial charge in [0.05, 0.1) is 18.6 Å². The molecule has 3 rings (SSSR count). The Kier molecular flexibility index (Phi) is 12.3. The number of benzene rings is 2. The van der Waals surface area contributed by atoms with Crippen LogP contribution in [0.3, 0.4) is 0 Å². The highest BCUT2D eigenvalue weighted by Gasteiger charge is 2.12. The predicted molar refractivity (Wildman–Crippen MR) is 163 cm³/mol. The van der Waals surface area contributed by atoms with Gasteiger partial charge in [0.2, 0.25) is 16.9 Å². The summed E-state index contributed by atoms with van der Waals surface area (Å²) in [4.78, 5) is 28.9. The lowest BCUT2D eigenvalue weighted by Gasteiger charge is -2.10. The number of carbonyl (C=O) groups excluding carboxylic acids is 2. The van der Waals surface area contributed by atoms with Gasteiger partial charge >= 0.3 is 0 Å². The summed E-state index contributed by atoms with van der Waals surface area (Å²) in [7, 11) is -1.55. The van der Waals surface area contributed by atoms with Gasteiger partial charge in [-0.05, 0) is 42.4 Å². The molecule has 0 unspecified atom stereocenters. The van der Waals surface area contributed by atoms with E-state index in [-0.39, 0.29) is 30.4 Å². The average Bonchev–Trinajstić information content (AvgIpc) is 3.35. The van der Waals surface area contributed by atoms with Crippen LogP contribution in [0.2, 0.25) is 0 Å². The number of hydrogen-bond donors (Lipinski definition) is 3. The molecule has 3 aromatic rings. The topological polar surface area (TPSA) is 154 Å². The van der Waals surface area contributed by atoms with Gasteiger partial charge in [-0.2, -0.15) is 0 Å². The minimum absolute atomic E-state index is 0.0680. The second kappa shape index (κ2) is 15.9. The number of aliphatic imine (C=N–C) groups is 1. The van der Waals surface area contributed by atoms with Crippen LogP contribution in [0.25, 0.3) is 0 Å². The van der Waals surface area contributed by atoms with Gasteiger partial charge in [-0.1, -0.05) is 65.9 Å². The fourth-order valence-corrected chi connectivity index (χ4v) is 5.69. The van der Waals surface area contributed by atoms with Gasteiger partial charge in [0.25, 0.3) is 0 Å². The summed E-state index contributed by atoms with van der Waals surface area (Å²) in [5.74, 6) is 0.0860. The molecule has 0 spiro atoms. The van der Waals surface area contributed by atoms with Crippen LogP contribution in [0.1, 0.15) is 53.8 Å². The maximum absolute atomic E-state index is 12.5. The van der Waals surface area contributed by atoms with Crippen molar-refractivity contribution in [3.05, 3.63) is 76.3 Å². The van der Waals surface area contributed by atoms with Crippen LogP contribution in [0.15, 0.2) is 59.6 Å². The van der Waals surface area contributed by atoms with Crippen LogP contribution in [-0.4, -0.2) is 55.3 Å². The number of nitrogens with one attached hydrogen (secondary N) is 3. The quantitative estimate of drug-likeness (QED) is 0.136. The van der Waals surface area contributed by atoms with Gasteiger partial charge in [0, 0.05) is 31.9 Å². The van der Waals surface area contributed by atoms with E-state index in [0.717, 1.165) is 35.4 Å². The lowest BCUT2D eigenvalue weighted by Crippen LogP contribution is -2.32. The van der Waals surface area contributed by atoms with Gasteiger partial charge < -0.3 is 16.0 Å². The molecule has 10 nitrogen and oxygen atoms in total. The summed E-state index contributed by atoms with van der Waals surface area (Å²) in [5.41, 5.74) is 2.89. The Morgan fingerprint density at radius 1 is 0.902 bits per heavy atom. The minimum atomic E-state index is -3.15. The summed E-state index contributed by atoms with van der Waals surface area (Å²) >= 11 is 1.37. The fourth-order valence-electron chi connectivity index (χ4n) is 4.11. The van der Waals surface area contributed by atoms with Crippen LogP contribution in [0.4, 0.5) is 5.13 Å². The monoisotopic (exact) mass is 596 g/mol. The molecule has 1 aromatic heterocycles. The summed E-state index contributed by atoms with van der Waals surface area (Å²) in [6.07, 6.45) is 5.55. The van der Waals surface area contributed by atoms with Crippen LogP contribution in [0.5, 0.6) is 0 Å². The van der Waals surface area contributed by atoms with Crippen molar-refractivity contribution in [3.8, 4) is 0 Å². The Balaban J connectivity index is 1.32. The summed E-state index contributed by atoms with van der Waals surface area (Å²) < 4.78 is 23.1. The zero-order valence-electron chi connectivity index (χ0n) is 23.4. The van der Waals surface area contributed by atoms with Crippen molar-refractivity contribution in [1.82, 2.24) is 15.5 Å². The van der Waals surface area contributed by atoms with Crippen LogP contribution in [0, 0.1) is 5.41 Å². The molecule has 0 aliphatic heterocycles. The number of carbonyl (C=O) groups is 2. The number of sulfone groups is 1. The van der Waals surface area contributed by atoms with Crippen molar-refractivity contribution >= 4 is 49.7 Å². The SMILES string of the molecule is CN=C(CCC(=N)CCCCc1nnc(NC(=O)Cc2ccccc2)s1)NC(=O)Cc1cccc(CS(C)(=O)=O)c1. The molecule has 0 saturated carbocycles. The highest BCUT2D eigenvalue weighted by Crippen LogP contribution is 2.18. The molecule has 0 bridgehead atoms. The maximum atomic E-state index is 12.5. The first-order valence-corrected chi connectivity index (χ1v) is 16.2. The molecule has 0 fully saturated rings. The molecule has 0 aliphatic carbocycles. The molecule has 12 heteroatoms. The number of aryl methyl sites for hydroxylation is 1. The number of hydrogen-bond acceptors (Lipinski definition) is 9. The van der Waals surface area contributed by atoms with Gasteiger partial charge in [-0.3, -0.25) is 14.6 Å². The van der Waals surface area contributed by atoms with Crippen molar-refractivity contribution < 1.29 is 18.0 Å². The lowest BCUT2D eigenvalue weighted by molar-refractivity contribution is -0.119. The summed E-state index contributed by atoms with van der Waals surface area (Å²) in [5, 5.41) is 23.4. The largest absolute Gasteiger partial charge is 0.314 e. The predicted octanol–water partition coefficient (Wildman–Crippen LogP) is 4.16. The third-order valence-electron chi connectivity index (χ3n) is 6.04. The molecule has 1 heterocycles. The summed E-state index contributed by atoms with van der Waals surface area (Å²) in [6, 6.07) is 16.5. The normalized spacial score (nSPS) is 11.7. The van der Waals surface area contributed by atoms with E-state index in [0.29, 0.717) is 41.5 Å². The molecular formula is C29H36N6O4S2. The van der Waals surface area contributed by atoms with Crippen molar-refractivity contribution in [2.45, 2.75) is 57.1 Å². The van der Waals surface area contributed by atoms with Crippen LogP contribution in [-0.2, 0) is 44.4 Å². The number of nitrogens with zero attached hydrogens (tertiary/aromatic N) is 3. The van der Waals surface area contributed by atoms with Gasteiger partial charge in [-0.25, -0.2) is 8.42 Å². The molecule has 0 radical (unpaired) electrons. The third-order valence-corrected chi connectivity index (χ3v) is 7.80. The van der Waals surface area contributed by atoms with Crippen molar-refractivity contribution in [2.75, 3.05) is 18.6 Å². The van der Waals surface area contributed by atoms with E-state index in [1.807, 2.05) is 30.3 Å². The smallest absolute Gasteiger partial charge is 0.230 e. The molecular weight excluding hydrogens is 560 g/mol. The van der Waals surface area contributed by atoms with Gasteiger partial charge in [0.1, 0.15) is 10.8 Å². The molecule has 218 valence electrons. The number of amides is 2.